The van der Waals surface area contributed by atoms with E-state index in [0.29, 0.717) is 5.92 Å². The molecule has 18 heavy (non-hydrogen) atoms. The van der Waals surface area contributed by atoms with Gasteiger partial charge in [-0.3, -0.25) is 0 Å². The van der Waals surface area contributed by atoms with Crippen LogP contribution in [-0.4, -0.2) is 32.1 Å². The van der Waals surface area contributed by atoms with Gasteiger partial charge in [0.1, 0.15) is 6.29 Å². The SMILES string of the molecule is O=CC1Cc2ccccc2N1CC1CCOCC1. The summed E-state index contributed by atoms with van der Waals surface area (Å²) >= 11 is 0. The number of anilines is 1. The molecule has 3 rings (SSSR count). The molecule has 0 amide bonds. The highest BCUT2D eigenvalue weighted by atomic mass is 16.5. The van der Waals surface area contributed by atoms with Gasteiger partial charge in [0.15, 0.2) is 0 Å². The van der Waals surface area contributed by atoms with E-state index in [0.717, 1.165) is 45.3 Å². The van der Waals surface area contributed by atoms with Gasteiger partial charge in [-0.1, -0.05) is 18.2 Å². The minimum absolute atomic E-state index is 0.0326. The summed E-state index contributed by atoms with van der Waals surface area (Å²) in [6.07, 6.45) is 4.19. The van der Waals surface area contributed by atoms with E-state index in [2.05, 4.69) is 29.2 Å². The van der Waals surface area contributed by atoms with Crippen LogP contribution in [-0.2, 0) is 16.0 Å². The minimum Gasteiger partial charge on any atom is -0.381 e. The van der Waals surface area contributed by atoms with Gasteiger partial charge in [-0.15, -0.1) is 0 Å². The molecule has 3 nitrogen and oxygen atoms in total. The van der Waals surface area contributed by atoms with Crippen LogP contribution in [0.25, 0.3) is 0 Å². The van der Waals surface area contributed by atoms with Crippen LogP contribution in [0.5, 0.6) is 0 Å². The number of fused-ring (bicyclic) bond motifs is 1. The maximum absolute atomic E-state index is 11.3. The standard InChI is InChI=1S/C15H19NO2/c17-11-14-9-13-3-1-2-4-15(13)16(14)10-12-5-7-18-8-6-12/h1-4,11-12,14H,5-10H2. The zero-order valence-corrected chi connectivity index (χ0v) is 10.5. The number of rotatable bonds is 3. The summed E-state index contributed by atoms with van der Waals surface area (Å²) in [6, 6.07) is 8.42. The van der Waals surface area contributed by atoms with Crippen molar-refractivity contribution in [2.75, 3.05) is 24.7 Å². The largest absolute Gasteiger partial charge is 0.381 e. The van der Waals surface area contributed by atoms with Crippen molar-refractivity contribution in [1.82, 2.24) is 0 Å². The number of nitrogens with zero attached hydrogens (tertiary/aromatic N) is 1. The van der Waals surface area contributed by atoms with Crippen LogP contribution >= 0.6 is 0 Å². The predicted octanol–water partition coefficient (Wildman–Crippen LogP) is 2.04. The molecule has 0 saturated carbocycles. The average molecular weight is 245 g/mol. The van der Waals surface area contributed by atoms with Crippen molar-refractivity contribution in [3.63, 3.8) is 0 Å². The van der Waals surface area contributed by atoms with E-state index in [1.54, 1.807) is 0 Å². The maximum Gasteiger partial charge on any atom is 0.142 e. The fraction of sp³-hybridized carbons (Fsp3) is 0.533. The molecule has 0 N–H and O–H groups in total. The number of ether oxygens (including phenoxy) is 1. The third kappa shape index (κ3) is 2.15. The summed E-state index contributed by atoms with van der Waals surface area (Å²) in [5.41, 5.74) is 2.56. The zero-order chi connectivity index (χ0) is 12.4. The van der Waals surface area contributed by atoms with Crippen LogP contribution in [0, 0.1) is 5.92 Å². The van der Waals surface area contributed by atoms with Gasteiger partial charge in [0.05, 0.1) is 6.04 Å². The van der Waals surface area contributed by atoms with Gasteiger partial charge >= 0.3 is 0 Å². The Balaban J connectivity index is 1.78. The summed E-state index contributed by atoms with van der Waals surface area (Å²) in [5.74, 6) is 0.660. The number of hydrogen-bond acceptors (Lipinski definition) is 3. The van der Waals surface area contributed by atoms with E-state index in [1.165, 1.54) is 11.3 Å². The number of carbonyl (C=O) groups is 1. The lowest BCUT2D eigenvalue weighted by Crippen LogP contribution is -2.38. The average Bonchev–Trinajstić information content (AvgIpc) is 2.78. The molecule has 0 bridgehead atoms. The molecular weight excluding hydrogens is 226 g/mol. The molecule has 1 unspecified atom stereocenters. The van der Waals surface area contributed by atoms with Crippen LogP contribution in [0.1, 0.15) is 18.4 Å². The Morgan fingerprint density at radius 3 is 2.83 bits per heavy atom. The second-order valence-corrected chi connectivity index (χ2v) is 5.24. The summed E-state index contributed by atoms with van der Waals surface area (Å²) in [5, 5.41) is 0. The quantitative estimate of drug-likeness (QED) is 0.763. The van der Waals surface area contributed by atoms with E-state index in [9.17, 15) is 4.79 Å². The molecule has 2 aliphatic rings. The Kier molecular flexibility index (Phi) is 3.33. The van der Waals surface area contributed by atoms with Gasteiger partial charge in [-0.2, -0.15) is 0 Å². The summed E-state index contributed by atoms with van der Waals surface area (Å²) in [7, 11) is 0. The topological polar surface area (TPSA) is 29.5 Å². The molecule has 0 radical (unpaired) electrons. The van der Waals surface area contributed by atoms with Gasteiger partial charge in [0, 0.05) is 31.9 Å². The zero-order valence-electron chi connectivity index (χ0n) is 10.5. The fourth-order valence-corrected chi connectivity index (χ4v) is 3.04. The van der Waals surface area contributed by atoms with Crippen molar-refractivity contribution in [1.29, 1.82) is 0 Å². The van der Waals surface area contributed by atoms with Gasteiger partial charge in [0.25, 0.3) is 0 Å². The van der Waals surface area contributed by atoms with Crippen LogP contribution in [0.2, 0.25) is 0 Å². The molecule has 0 spiro atoms. The van der Waals surface area contributed by atoms with Gasteiger partial charge in [-0.05, 0) is 30.4 Å². The molecule has 2 heterocycles. The molecule has 0 aliphatic carbocycles. The Morgan fingerprint density at radius 1 is 1.28 bits per heavy atom. The third-order valence-electron chi connectivity index (χ3n) is 4.08. The number of carbonyl (C=O) groups excluding carboxylic acids is 1. The third-order valence-corrected chi connectivity index (χ3v) is 4.08. The van der Waals surface area contributed by atoms with Crippen LogP contribution < -0.4 is 4.90 Å². The highest BCUT2D eigenvalue weighted by Crippen LogP contribution is 2.33. The number of benzene rings is 1. The van der Waals surface area contributed by atoms with E-state index in [4.69, 9.17) is 4.74 Å². The Bertz CT molecular complexity index is 426. The van der Waals surface area contributed by atoms with E-state index < -0.39 is 0 Å². The highest BCUT2D eigenvalue weighted by Gasteiger charge is 2.30. The molecule has 0 aromatic heterocycles. The van der Waals surface area contributed by atoms with Crippen LogP contribution in [0.4, 0.5) is 5.69 Å². The van der Waals surface area contributed by atoms with Gasteiger partial charge in [-0.25, -0.2) is 0 Å². The van der Waals surface area contributed by atoms with Crippen molar-refractivity contribution in [3.8, 4) is 0 Å². The monoisotopic (exact) mass is 245 g/mol. The normalized spacial score (nSPS) is 24.0. The highest BCUT2D eigenvalue weighted by molar-refractivity contribution is 5.73. The van der Waals surface area contributed by atoms with Crippen molar-refractivity contribution < 1.29 is 9.53 Å². The molecule has 2 aliphatic heterocycles. The van der Waals surface area contributed by atoms with E-state index in [1.807, 2.05) is 0 Å². The molecule has 96 valence electrons. The van der Waals surface area contributed by atoms with Crippen molar-refractivity contribution >= 4 is 12.0 Å². The second kappa shape index (κ2) is 5.11. The summed E-state index contributed by atoms with van der Waals surface area (Å²) in [6.45, 7) is 2.72. The first-order valence-corrected chi connectivity index (χ1v) is 6.76. The van der Waals surface area contributed by atoms with Crippen LogP contribution in [0.3, 0.4) is 0 Å². The minimum atomic E-state index is 0.0326. The Hall–Kier alpha value is -1.35. The lowest BCUT2D eigenvalue weighted by Gasteiger charge is -2.31. The molecule has 3 heteroatoms. The second-order valence-electron chi connectivity index (χ2n) is 5.24. The number of para-hydroxylation sites is 1. The first-order chi connectivity index (χ1) is 8.88. The van der Waals surface area contributed by atoms with E-state index in [-0.39, 0.29) is 6.04 Å². The van der Waals surface area contributed by atoms with E-state index >= 15 is 0 Å². The summed E-state index contributed by atoms with van der Waals surface area (Å²) < 4.78 is 5.40. The van der Waals surface area contributed by atoms with Gasteiger partial charge in [0.2, 0.25) is 0 Å². The van der Waals surface area contributed by atoms with Gasteiger partial charge < -0.3 is 14.4 Å². The lowest BCUT2D eigenvalue weighted by molar-refractivity contribution is -0.108. The molecule has 1 atom stereocenters. The summed E-state index contributed by atoms with van der Waals surface area (Å²) in [4.78, 5) is 13.6. The van der Waals surface area contributed by atoms with Crippen molar-refractivity contribution in [2.45, 2.75) is 25.3 Å². The number of hydrogen-bond donors (Lipinski definition) is 0. The Morgan fingerprint density at radius 2 is 2.06 bits per heavy atom. The lowest BCUT2D eigenvalue weighted by atomic mass is 9.99. The molecular formula is C15H19NO2. The smallest absolute Gasteiger partial charge is 0.142 e. The molecule has 1 saturated heterocycles. The first-order valence-electron chi connectivity index (χ1n) is 6.76. The molecule has 1 fully saturated rings. The first kappa shape index (κ1) is 11.7. The maximum atomic E-state index is 11.3. The predicted molar refractivity (Wildman–Crippen MR) is 70.9 cm³/mol. The fourth-order valence-electron chi connectivity index (χ4n) is 3.04. The molecule has 1 aromatic carbocycles. The number of aldehydes is 1. The Labute approximate surface area is 108 Å². The van der Waals surface area contributed by atoms with Crippen molar-refractivity contribution in [2.24, 2.45) is 5.92 Å². The van der Waals surface area contributed by atoms with Crippen LogP contribution in [0.15, 0.2) is 24.3 Å². The molecule has 1 aromatic rings. The van der Waals surface area contributed by atoms with Crippen molar-refractivity contribution in [3.05, 3.63) is 29.8 Å².